The third-order valence-corrected chi connectivity index (χ3v) is 5.20. The molecule has 30 heavy (non-hydrogen) atoms. The second kappa shape index (κ2) is 10.4. The van der Waals surface area contributed by atoms with Crippen LogP contribution in [0, 0.1) is 0 Å². The van der Waals surface area contributed by atoms with Crippen molar-refractivity contribution < 1.29 is 14.3 Å². The quantitative estimate of drug-likeness (QED) is 0.449. The van der Waals surface area contributed by atoms with Gasteiger partial charge in [-0.1, -0.05) is 63.9 Å². The second-order valence-corrected chi connectivity index (χ2v) is 7.85. The van der Waals surface area contributed by atoms with E-state index in [4.69, 9.17) is 16.3 Å². The Morgan fingerprint density at radius 3 is 2.50 bits per heavy atom. The molecule has 0 bridgehead atoms. The van der Waals surface area contributed by atoms with Crippen molar-refractivity contribution in [1.82, 2.24) is 5.32 Å². The standard InChI is InChI=1S/C23H20BrClN2O3/c1-30-21(28)14-26-22(15-6-3-2-4-7-15)19-13-17(24)10-11-20(19)27-23(29)16-8-5-9-18(25)12-16/h2-13,22,26H,14H2,1H3,(H,27,29). The minimum atomic E-state index is -0.379. The van der Waals surface area contributed by atoms with Gasteiger partial charge in [0.15, 0.2) is 0 Å². The summed E-state index contributed by atoms with van der Waals surface area (Å²) in [6.07, 6.45) is 0. The summed E-state index contributed by atoms with van der Waals surface area (Å²) in [7, 11) is 1.34. The Morgan fingerprint density at radius 2 is 1.80 bits per heavy atom. The van der Waals surface area contributed by atoms with E-state index in [9.17, 15) is 9.59 Å². The Bertz CT molecular complexity index is 1040. The number of halogens is 2. The third kappa shape index (κ3) is 5.69. The Hall–Kier alpha value is -2.67. The van der Waals surface area contributed by atoms with Crippen LogP contribution >= 0.6 is 27.5 Å². The molecular weight excluding hydrogens is 468 g/mol. The predicted octanol–water partition coefficient (Wildman–Crippen LogP) is 5.21. The molecule has 0 aliphatic heterocycles. The Balaban J connectivity index is 1.97. The Labute approximate surface area is 188 Å². The van der Waals surface area contributed by atoms with Crippen molar-refractivity contribution in [2.45, 2.75) is 6.04 Å². The first-order valence-electron chi connectivity index (χ1n) is 9.19. The highest BCUT2D eigenvalue weighted by atomic mass is 79.9. The molecule has 0 aliphatic rings. The van der Waals surface area contributed by atoms with Gasteiger partial charge < -0.3 is 10.1 Å². The molecule has 0 saturated heterocycles. The van der Waals surface area contributed by atoms with Gasteiger partial charge in [0.1, 0.15) is 0 Å². The third-order valence-electron chi connectivity index (χ3n) is 4.47. The van der Waals surface area contributed by atoms with Crippen LogP contribution in [0.1, 0.15) is 27.5 Å². The van der Waals surface area contributed by atoms with E-state index in [2.05, 4.69) is 26.6 Å². The molecule has 1 atom stereocenters. The molecule has 0 radical (unpaired) electrons. The van der Waals surface area contributed by atoms with Crippen molar-refractivity contribution >= 4 is 45.1 Å². The van der Waals surface area contributed by atoms with Crippen molar-refractivity contribution in [3.63, 3.8) is 0 Å². The summed E-state index contributed by atoms with van der Waals surface area (Å²) < 4.78 is 5.61. The monoisotopic (exact) mass is 486 g/mol. The van der Waals surface area contributed by atoms with Crippen molar-refractivity contribution in [1.29, 1.82) is 0 Å². The first-order valence-corrected chi connectivity index (χ1v) is 10.4. The molecule has 3 rings (SSSR count). The van der Waals surface area contributed by atoms with E-state index >= 15 is 0 Å². The molecule has 1 amide bonds. The number of esters is 1. The maximum absolute atomic E-state index is 12.8. The molecule has 3 aromatic rings. The van der Waals surface area contributed by atoms with Crippen LogP contribution in [0.15, 0.2) is 77.3 Å². The zero-order valence-electron chi connectivity index (χ0n) is 16.2. The van der Waals surface area contributed by atoms with Crippen LogP contribution in [-0.4, -0.2) is 25.5 Å². The summed E-state index contributed by atoms with van der Waals surface area (Å²) in [6, 6.07) is 21.7. The van der Waals surface area contributed by atoms with E-state index in [1.54, 1.807) is 24.3 Å². The van der Waals surface area contributed by atoms with Gasteiger partial charge >= 0.3 is 5.97 Å². The van der Waals surface area contributed by atoms with Crippen LogP contribution in [0.4, 0.5) is 5.69 Å². The van der Waals surface area contributed by atoms with Gasteiger partial charge in [-0.15, -0.1) is 0 Å². The van der Waals surface area contributed by atoms with Gasteiger partial charge in [0.25, 0.3) is 5.91 Å². The van der Waals surface area contributed by atoms with E-state index in [-0.39, 0.29) is 24.5 Å². The molecule has 3 aromatic carbocycles. The molecular formula is C23H20BrClN2O3. The summed E-state index contributed by atoms with van der Waals surface area (Å²) in [5.74, 6) is -0.656. The number of amides is 1. The number of anilines is 1. The fourth-order valence-electron chi connectivity index (χ4n) is 3.02. The van der Waals surface area contributed by atoms with E-state index in [0.29, 0.717) is 16.3 Å². The van der Waals surface area contributed by atoms with Crippen LogP contribution in [0.25, 0.3) is 0 Å². The number of ether oxygens (including phenoxy) is 1. The molecule has 0 heterocycles. The molecule has 154 valence electrons. The summed E-state index contributed by atoms with van der Waals surface area (Å²) in [5.41, 5.74) is 2.82. The number of hydrogen-bond acceptors (Lipinski definition) is 4. The molecule has 0 aliphatic carbocycles. The lowest BCUT2D eigenvalue weighted by Crippen LogP contribution is -2.30. The van der Waals surface area contributed by atoms with Crippen molar-refractivity contribution in [2.75, 3.05) is 19.0 Å². The highest BCUT2D eigenvalue weighted by Gasteiger charge is 2.20. The van der Waals surface area contributed by atoms with Crippen molar-refractivity contribution in [3.8, 4) is 0 Å². The topological polar surface area (TPSA) is 67.4 Å². The van der Waals surface area contributed by atoms with E-state index in [0.717, 1.165) is 15.6 Å². The van der Waals surface area contributed by atoms with Gasteiger partial charge in [-0.2, -0.15) is 0 Å². The fourth-order valence-corrected chi connectivity index (χ4v) is 3.59. The lowest BCUT2D eigenvalue weighted by Gasteiger charge is -2.23. The minimum Gasteiger partial charge on any atom is -0.468 e. The van der Waals surface area contributed by atoms with Gasteiger partial charge in [-0.3, -0.25) is 14.9 Å². The zero-order chi connectivity index (χ0) is 21.5. The van der Waals surface area contributed by atoms with Gasteiger partial charge in [-0.05, 0) is 47.5 Å². The highest BCUT2D eigenvalue weighted by Crippen LogP contribution is 2.31. The Kier molecular flexibility index (Phi) is 7.63. The number of hydrogen-bond donors (Lipinski definition) is 2. The second-order valence-electron chi connectivity index (χ2n) is 6.50. The number of nitrogens with one attached hydrogen (secondary N) is 2. The SMILES string of the molecule is COC(=O)CNC(c1ccccc1)c1cc(Br)ccc1NC(=O)c1cccc(Cl)c1. The summed E-state index contributed by atoms with van der Waals surface area (Å²) in [5, 5.41) is 6.67. The zero-order valence-corrected chi connectivity index (χ0v) is 18.5. The van der Waals surface area contributed by atoms with Crippen LogP contribution in [0.2, 0.25) is 5.02 Å². The van der Waals surface area contributed by atoms with Gasteiger partial charge in [0, 0.05) is 20.7 Å². The average molecular weight is 488 g/mol. The molecule has 7 heteroatoms. The molecule has 5 nitrogen and oxygen atoms in total. The highest BCUT2D eigenvalue weighted by molar-refractivity contribution is 9.10. The maximum atomic E-state index is 12.8. The number of carbonyl (C=O) groups excluding carboxylic acids is 2. The molecule has 0 saturated carbocycles. The first-order chi connectivity index (χ1) is 14.5. The van der Waals surface area contributed by atoms with Crippen LogP contribution < -0.4 is 10.6 Å². The lowest BCUT2D eigenvalue weighted by molar-refractivity contribution is -0.139. The molecule has 0 aromatic heterocycles. The van der Waals surface area contributed by atoms with Crippen molar-refractivity contribution in [2.24, 2.45) is 0 Å². The van der Waals surface area contributed by atoms with Crippen molar-refractivity contribution in [3.05, 3.63) is 99.0 Å². The normalized spacial score (nSPS) is 11.6. The average Bonchev–Trinajstić information content (AvgIpc) is 2.76. The van der Waals surface area contributed by atoms with Crippen LogP contribution in [-0.2, 0) is 9.53 Å². The molecule has 2 N–H and O–H groups in total. The summed E-state index contributed by atoms with van der Waals surface area (Å²) >= 11 is 9.52. The van der Waals surface area contributed by atoms with E-state index < -0.39 is 0 Å². The van der Waals surface area contributed by atoms with Gasteiger partial charge in [0.05, 0.1) is 19.7 Å². The molecule has 1 unspecified atom stereocenters. The van der Waals surface area contributed by atoms with Crippen LogP contribution in [0.3, 0.4) is 0 Å². The lowest BCUT2D eigenvalue weighted by atomic mass is 9.96. The maximum Gasteiger partial charge on any atom is 0.319 e. The Morgan fingerprint density at radius 1 is 1.03 bits per heavy atom. The fraction of sp³-hybridized carbons (Fsp3) is 0.130. The molecule has 0 spiro atoms. The number of rotatable bonds is 7. The predicted molar refractivity (Wildman–Crippen MR) is 122 cm³/mol. The largest absolute Gasteiger partial charge is 0.468 e. The first kappa shape index (κ1) is 22.0. The minimum absolute atomic E-state index is 0.0181. The summed E-state index contributed by atoms with van der Waals surface area (Å²) in [6.45, 7) is 0.0181. The van der Waals surface area contributed by atoms with Gasteiger partial charge in [-0.25, -0.2) is 0 Å². The molecule has 0 fully saturated rings. The number of carbonyl (C=O) groups is 2. The number of benzene rings is 3. The van der Waals surface area contributed by atoms with Gasteiger partial charge in [0.2, 0.25) is 0 Å². The smallest absolute Gasteiger partial charge is 0.319 e. The van der Waals surface area contributed by atoms with Crippen LogP contribution in [0.5, 0.6) is 0 Å². The van der Waals surface area contributed by atoms with E-state index in [1.807, 2.05) is 48.5 Å². The van der Waals surface area contributed by atoms with E-state index in [1.165, 1.54) is 7.11 Å². The number of methoxy groups -OCH3 is 1. The summed E-state index contributed by atoms with van der Waals surface area (Å²) in [4.78, 5) is 24.5.